The fraction of sp³-hybridized carbons (Fsp3) is 0.125. The third-order valence-electron chi connectivity index (χ3n) is 2.70. The second-order valence-electron chi connectivity index (χ2n) is 4.28. The summed E-state index contributed by atoms with van der Waals surface area (Å²) in [4.78, 5) is 11.6. The van der Waals surface area contributed by atoms with E-state index in [0.717, 1.165) is 10.0 Å². The van der Waals surface area contributed by atoms with Gasteiger partial charge in [-0.2, -0.15) is 5.10 Å². The van der Waals surface area contributed by atoms with Crippen LogP contribution in [0.15, 0.2) is 58.1 Å². The Morgan fingerprint density at radius 3 is 2.77 bits per heavy atom. The van der Waals surface area contributed by atoms with Crippen molar-refractivity contribution in [2.24, 2.45) is 5.10 Å². The molecule has 1 amide bonds. The highest BCUT2D eigenvalue weighted by Crippen LogP contribution is 2.21. The minimum Gasteiger partial charge on any atom is -0.496 e. The number of ether oxygens (including phenoxy) is 2. The number of rotatable bonds is 6. The molecule has 2 rings (SSSR count). The van der Waals surface area contributed by atoms with Gasteiger partial charge < -0.3 is 9.47 Å². The maximum atomic E-state index is 11.6. The van der Waals surface area contributed by atoms with Crippen LogP contribution in [0.4, 0.5) is 0 Å². The van der Waals surface area contributed by atoms with Gasteiger partial charge >= 0.3 is 0 Å². The minimum atomic E-state index is -0.339. The smallest absolute Gasteiger partial charge is 0.277 e. The molecule has 5 nitrogen and oxygen atoms in total. The SMILES string of the molecule is COc1ccc(Br)cc1C=NNC(=O)COc1ccccc1. The summed E-state index contributed by atoms with van der Waals surface area (Å²) in [6.45, 7) is -0.100. The lowest BCUT2D eigenvalue weighted by molar-refractivity contribution is -0.123. The molecule has 6 heteroatoms. The molecule has 0 spiro atoms. The van der Waals surface area contributed by atoms with Crippen molar-refractivity contribution >= 4 is 28.1 Å². The molecule has 114 valence electrons. The molecule has 0 bridgehead atoms. The Bertz CT molecular complexity index is 660. The average molecular weight is 363 g/mol. The molecule has 0 atom stereocenters. The van der Waals surface area contributed by atoms with Crippen LogP contribution in [0.5, 0.6) is 11.5 Å². The standard InChI is InChI=1S/C16H15BrN2O3/c1-21-15-8-7-13(17)9-12(15)10-18-19-16(20)11-22-14-5-3-2-4-6-14/h2-10H,11H2,1H3,(H,19,20). The first-order chi connectivity index (χ1) is 10.7. The first kappa shape index (κ1) is 16.0. The topological polar surface area (TPSA) is 59.9 Å². The summed E-state index contributed by atoms with van der Waals surface area (Å²) in [5, 5.41) is 3.90. The number of carbonyl (C=O) groups excluding carboxylic acids is 1. The maximum absolute atomic E-state index is 11.6. The van der Waals surface area contributed by atoms with Crippen molar-refractivity contribution in [2.75, 3.05) is 13.7 Å². The van der Waals surface area contributed by atoms with E-state index < -0.39 is 0 Å². The number of benzene rings is 2. The quantitative estimate of drug-likeness (QED) is 0.634. The lowest BCUT2D eigenvalue weighted by Crippen LogP contribution is -2.24. The molecule has 0 aliphatic carbocycles. The van der Waals surface area contributed by atoms with Gasteiger partial charge in [-0.1, -0.05) is 34.1 Å². The van der Waals surface area contributed by atoms with E-state index in [4.69, 9.17) is 9.47 Å². The second kappa shape index (κ2) is 8.19. The van der Waals surface area contributed by atoms with Gasteiger partial charge in [0.25, 0.3) is 5.91 Å². The fourth-order valence-corrected chi connectivity index (χ4v) is 2.06. The van der Waals surface area contributed by atoms with Crippen molar-refractivity contribution < 1.29 is 14.3 Å². The van der Waals surface area contributed by atoms with Gasteiger partial charge in [0, 0.05) is 10.0 Å². The number of nitrogens with one attached hydrogen (secondary N) is 1. The van der Waals surface area contributed by atoms with E-state index in [0.29, 0.717) is 11.5 Å². The molecular weight excluding hydrogens is 348 g/mol. The largest absolute Gasteiger partial charge is 0.496 e. The summed E-state index contributed by atoms with van der Waals surface area (Å²) in [5.74, 6) is 0.964. The van der Waals surface area contributed by atoms with Crippen molar-refractivity contribution in [1.29, 1.82) is 0 Å². The summed E-state index contributed by atoms with van der Waals surface area (Å²) in [5.41, 5.74) is 3.16. The van der Waals surface area contributed by atoms with Gasteiger partial charge in [0.1, 0.15) is 11.5 Å². The molecule has 0 saturated carbocycles. The molecule has 2 aromatic carbocycles. The Labute approximate surface area is 137 Å². The van der Waals surface area contributed by atoms with E-state index >= 15 is 0 Å². The highest BCUT2D eigenvalue weighted by atomic mass is 79.9. The van der Waals surface area contributed by atoms with Crippen molar-refractivity contribution in [3.05, 3.63) is 58.6 Å². The molecular formula is C16H15BrN2O3. The third-order valence-corrected chi connectivity index (χ3v) is 3.19. The van der Waals surface area contributed by atoms with E-state index in [1.54, 1.807) is 19.2 Å². The molecule has 0 aliphatic rings. The Balaban J connectivity index is 1.87. The molecule has 0 saturated heterocycles. The number of hydrogen-bond donors (Lipinski definition) is 1. The van der Waals surface area contributed by atoms with Gasteiger partial charge in [0.05, 0.1) is 13.3 Å². The number of hydrazone groups is 1. The monoisotopic (exact) mass is 362 g/mol. The van der Waals surface area contributed by atoms with Gasteiger partial charge in [0.15, 0.2) is 6.61 Å². The fourth-order valence-electron chi connectivity index (χ4n) is 1.68. The molecule has 0 unspecified atom stereocenters. The number of carbonyl (C=O) groups is 1. The van der Waals surface area contributed by atoms with Gasteiger partial charge in [-0.15, -0.1) is 0 Å². The van der Waals surface area contributed by atoms with Crippen LogP contribution in [-0.2, 0) is 4.79 Å². The highest BCUT2D eigenvalue weighted by Gasteiger charge is 2.03. The highest BCUT2D eigenvalue weighted by molar-refractivity contribution is 9.10. The number of para-hydroxylation sites is 1. The summed E-state index contributed by atoms with van der Waals surface area (Å²) >= 11 is 3.37. The zero-order valence-corrected chi connectivity index (χ0v) is 13.5. The van der Waals surface area contributed by atoms with Gasteiger partial charge in [-0.3, -0.25) is 4.79 Å². The minimum absolute atomic E-state index is 0.100. The van der Waals surface area contributed by atoms with E-state index in [-0.39, 0.29) is 12.5 Å². The molecule has 0 aliphatic heterocycles. The zero-order valence-electron chi connectivity index (χ0n) is 12.0. The van der Waals surface area contributed by atoms with Crippen molar-refractivity contribution in [1.82, 2.24) is 5.43 Å². The van der Waals surface area contributed by atoms with E-state index in [2.05, 4.69) is 26.5 Å². The van der Waals surface area contributed by atoms with Gasteiger partial charge in [-0.25, -0.2) is 5.43 Å². The third kappa shape index (κ3) is 4.89. The van der Waals surface area contributed by atoms with Crippen LogP contribution in [0.2, 0.25) is 0 Å². The lowest BCUT2D eigenvalue weighted by Gasteiger charge is -2.05. The first-order valence-corrected chi connectivity index (χ1v) is 7.31. The Hall–Kier alpha value is -2.34. The molecule has 22 heavy (non-hydrogen) atoms. The van der Waals surface area contributed by atoms with E-state index in [1.165, 1.54) is 6.21 Å². The molecule has 0 aromatic heterocycles. The summed E-state index contributed by atoms with van der Waals surface area (Å²) in [7, 11) is 1.58. The van der Waals surface area contributed by atoms with Crippen molar-refractivity contribution in [3.63, 3.8) is 0 Å². The van der Waals surface area contributed by atoms with Crippen LogP contribution in [-0.4, -0.2) is 25.8 Å². The summed E-state index contributed by atoms with van der Waals surface area (Å²) in [6.07, 6.45) is 1.52. The maximum Gasteiger partial charge on any atom is 0.277 e. The van der Waals surface area contributed by atoms with Crippen LogP contribution in [0.1, 0.15) is 5.56 Å². The normalized spacial score (nSPS) is 10.5. The van der Waals surface area contributed by atoms with Crippen LogP contribution in [0, 0.1) is 0 Å². The molecule has 1 N–H and O–H groups in total. The summed E-state index contributed by atoms with van der Waals surface area (Å²) in [6, 6.07) is 14.6. The number of hydrogen-bond acceptors (Lipinski definition) is 4. The number of amides is 1. The van der Waals surface area contributed by atoms with Crippen LogP contribution >= 0.6 is 15.9 Å². The summed E-state index contributed by atoms with van der Waals surface area (Å²) < 4.78 is 11.4. The molecule has 0 radical (unpaired) electrons. The number of methoxy groups -OCH3 is 1. The number of nitrogens with zero attached hydrogens (tertiary/aromatic N) is 1. The predicted molar refractivity (Wildman–Crippen MR) is 88.4 cm³/mol. The zero-order chi connectivity index (χ0) is 15.8. The van der Waals surface area contributed by atoms with E-state index in [1.807, 2.05) is 36.4 Å². The molecule has 2 aromatic rings. The van der Waals surface area contributed by atoms with Crippen LogP contribution in [0.25, 0.3) is 0 Å². The second-order valence-corrected chi connectivity index (χ2v) is 5.20. The molecule has 0 fully saturated rings. The van der Waals surface area contributed by atoms with Gasteiger partial charge in [-0.05, 0) is 30.3 Å². The van der Waals surface area contributed by atoms with Gasteiger partial charge in [0.2, 0.25) is 0 Å². The van der Waals surface area contributed by atoms with E-state index in [9.17, 15) is 4.79 Å². The van der Waals surface area contributed by atoms with Crippen molar-refractivity contribution in [2.45, 2.75) is 0 Å². The predicted octanol–water partition coefficient (Wildman–Crippen LogP) is 2.99. The molecule has 0 heterocycles. The number of halogens is 1. The van der Waals surface area contributed by atoms with Crippen molar-refractivity contribution in [3.8, 4) is 11.5 Å². The lowest BCUT2D eigenvalue weighted by atomic mass is 10.2. The van der Waals surface area contributed by atoms with Crippen LogP contribution < -0.4 is 14.9 Å². The first-order valence-electron chi connectivity index (χ1n) is 6.52. The van der Waals surface area contributed by atoms with Crippen LogP contribution in [0.3, 0.4) is 0 Å². The Morgan fingerprint density at radius 1 is 1.27 bits per heavy atom. The Kier molecular flexibility index (Phi) is 5.97. The average Bonchev–Trinajstić information content (AvgIpc) is 2.54. The Morgan fingerprint density at radius 2 is 2.05 bits per heavy atom.